The zero-order valence-corrected chi connectivity index (χ0v) is 13.1. The van der Waals surface area contributed by atoms with Crippen LogP contribution in [-0.4, -0.2) is 5.91 Å². The number of para-hydroxylation sites is 3. The summed E-state index contributed by atoms with van der Waals surface area (Å²) < 4.78 is 0. The van der Waals surface area contributed by atoms with E-state index in [1.54, 1.807) is 6.08 Å². The van der Waals surface area contributed by atoms with Gasteiger partial charge >= 0.3 is 0 Å². The fourth-order valence-electron chi connectivity index (χ4n) is 2.29. The molecule has 118 valence electrons. The Kier molecular flexibility index (Phi) is 5.05. The summed E-state index contributed by atoms with van der Waals surface area (Å²) in [7, 11) is 0. The van der Waals surface area contributed by atoms with E-state index in [1.165, 1.54) is 6.08 Å². The van der Waals surface area contributed by atoms with Crippen LogP contribution in [0.1, 0.15) is 5.56 Å². The molecule has 0 saturated heterocycles. The Hall–Kier alpha value is -3.33. The Balaban J connectivity index is 1.71. The number of anilines is 3. The Morgan fingerprint density at radius 1 is 0.708 bits per heavy atom. The van der Waals surface area contributed by atoms with Crippen molar-refractivity contribution in [3.63, 3.8) is 0 Å². The zero-order chi connectivity index (χ0) is 16.6. The molecule has 0 radical (unpaired) electrons. The fraction of sp³-hybridized carbons (Fsp3) is 0. The first-order valence-corrected chi connectivity index (χ1v) is 7.76. The fourth-order valence-corrected chi connectivity index (χ4v) is 2.29. The van der Waals surface area contributed by atoms with Crippen molar-refractivity contribution in [2.45, 2.75) is 0 Å². The molecule has 2 N–H and O–H groups in total. The van der Waals surface area contributed by atoms with Gasteiger partial charge in [-0.3, -0.25) is 4.79 Å². The van der Waals surface area contributed by atoms with Crippen molar-refractivity contribution in [2.75, 3.05) is 10.6 Å². The highest BCUT2D eigenvalue weighted by Crippen LogP contribution is 2.25. The molecule has 0 aliphatic rings. The van der Waals surface area contributed by atoms with E-state index in [0.29, 0.717) is 0 Å². The predicted molar refractivity (Wildman–Crippen MR) is 100 cm³/mol. The van der Waals surface area contributed by atoms with Gasteiger partial charge in [-0.15, -0.1) is 0 Å². The van der Waals surface area contributed by atoms with Crippen LogP contribution < -0.4 is 10.6 Å². The molecule has 0 aliphatic carbocycles. The van der Waals surface area contributed by atoms with Crippen molar-refractivity contribution in [1.29, 1.82) is 0 Å². The van der Waals surface area contributed by atoms with Crippen molar-refractivity contribution < 1.29 is 4.79 Å². The molecular formula is C21H18N2O. The molecule has 3 heteroatoms. The number of benzene rings is 3. The smallest absolute Gasteiger partial charge is 0.248 e. The Morgan fingerprint density at radius 2 is 1.29 bits per heavy atom. The average Bonchev–Trinajstić information content (AvgIpc) is 2.63. The molecule has 1 amide bonds. The molecular weight excluding hydrogens is 296 g/mol. The van der Waals surface area contributed by atoms with Crippen molar-refractivity contribution in [2.24, 2.45) is 0 Å². The van der Waals surface area contributed by atoms with Gasteiger partial charge in [0.2, 0.25) is 5.91 Å². The summed E-state index contributed by atoms with van der Waals surface area (Å²) in [6.45, 7) is 0. The van der Waals surface area contributed by atoms with Gasteiger partial charge in [0.25, 0.3) is 0 Å². The van der Waals surface area contributed by atoms with Crippen LogP contribution in [0, 0.1) is 0 Å². The third kappa shape index (κ3) is 4.34. The Morgan fingerprint density at radius 3 is 2.00 bits per heavy atom. The number of rotatable bonds is 5. The number of nitrogens with one attached hydrogen (secondary N) is 2. The number of carbonyl (C=O) groups excluding carboxylic acids is 1. The SMILES string of the molecule is O=C(C=Cc1ccccc1)Nc1ccccc1Nc1ccccc1. The van der Waals surface area contributed by atoms with E-state index in [2.05, 4.69) is 10.6 Å². The van der Waals surface area contributed by atoms with E-state index in [4.69, 9.17) is 0 Å². The largest absolute Gasteiger partial charge is 0.354 e. The lowest BCUT2D eigenvalue weighted by Crippen LogP contribution is -2.09. The van der Waals surface area contributed by atoms with Crippen LogP contribution in [-0.2, 0) is 4.79 Å². The monoisotopic (exact) mass is 314 g/mol. The van der Waals surface area contributed by atoms with E-state index >= 15 is 0 Å². The molecule has 0 aromatic heterocycles. The first-order chi connectivity index (χ1) is 11.8. The first-order valence-electron chi connectivity index (χ1n) is 7.76. The van der Waals surface area contributed by atoms with Crippen molar-refractivity contribution >= 4 is 29.0 Å². The van der Waals surface area contributed by atoms with Crippen molar-refractivity contribution in [3.05, 3.63) is 96.6 Å². The maximum atomic E-state index is 12.2. The molecule has 0 aliphatic heterocycles. The Bertz CT molecular complexity index is 827. The summed E-state index contributed by atoms with van der Waals surface area (Å²) in [6.07, 6.45) is 3.33. The maximum Gasteiger partial charge on any atom is 0.248 e. The van der Waals surface area contributed by atoms with Crippen LogP contribution in [0.15, 0.2) is 91.0 Å². The molecule has 0 bridgehead atoms. The number of hydrogen-bond acceptors (Lipinski definition) is 2. The van der Waals surface area contributed by atoms with Gasteiger partial charge in [-0.25, -0.2) is 0 Å². The summed E-state index contributed by atoms with van der Waals surface area (Å²) in [4.78, 5) is 12.2. The van der Waals surface area contributed by atoms with E-state index in [-0.39, 0.29) is 5.91 Å². The molecule has 3 nitrogen and oxygen atoms in total. The molecule has 3 aromatic carbocycles. The first kappa shape index (κ1) is 15.6. The molecule has 3 rings (SSSR count). The van der Waals surface area contributed by atoms with Gasteiger partial charge in [0.15, 0.2) is 0 Å². The predicted octanol–water partition coefficient (Wildman–Crippen LogP) is 5.08. The Labute approximate surface area is 141 Å². The summed E-state index contributed by atoms with van der Waals surface area (Å²) in [5.41, 5.74) is 3.55. The van der Waals surface area contributed by atoms with Crippen LogP contribution in [0.2, 0.25) is 0 Å². The molecule has 0 fully saturated rings. The van der Waals surface area contributed by atoms with E-state index < -0.39 is 0 Å². The van der Waals surface area contributed by atoms with Crippen molar-refractivity contribution in [3.8, 4) is 0 Å². The lowest BCUT2D eigenvalue weighted by molar-refractivity contribution is -0.111. The van der Waals surface area contributed by atoms with Crippen LogP contribution >= 0.6 is 0 Å². The lowest BCUT2D eigenvalue weighted by atomic mass is 10.2. The summed E-state index contributed by atoms with van der Waals surface area (Å²) in [5.74, 6) is -0.166. The molecule has 0 saturated carbocycles. The average molecular weight is 314 g/mol. The van der Waals surface area contributed by atoms with E-state index in [0.717, 1.165) is 22.6 Å². The van der Waals surface area contributed by atoms with Crippen molar-refractivity contribution in [1.82, 2.24) is 0 Å². The van der Waals surface area contributed by atoms with Crippen LogP contribution in [0.5, 0.6) is 0 Å². The molecule has 0 atom stereocenters. The highest BCUT2D eigenvalue weighted by molar-refractivity contribution is 6.04. The van der Waals surface area contributed by atoms with Gasteiger partial charge in [0, 0.05) is 11.8 Å². The third-order valence-corrected chi connectivity index (χ3v) is 3.46. The molecule has 24 heavy (non-hydrogen) atoms. The van der Waals surface area contributed by atoms with Gasteiger partial charge in [0.05, 0.1) is 11.4 Å². The van der Waals surface area contributed by atoms with Gasteiger partial charge in [-0.1, -0.05) is 60.7 Å². The molecule has 3 aromatic rings. The standard InChI is InChI=1S/C21H18N2O/c24-21(16-15-17-9-3-1-4-10-17)23-20-14-8-7-13-19(20)22-18-11-5-2-6-12-18/h1-16,22H,(H,23,24). The maximum absolute atomic E-state index is 12.2. The zero-order valence-electron chi connectivity index (χ0n) is 13.1. The summed E-state index contributed by atoms with van der Waals surface area (Å²) in [6, 6.07) is 27.2. The van der Waals surface area contributed by atoms with Gasteiger partial charge in [0.1, 0.15) is 0 Å². The van der Waals surface area contributed by atoms with E-state index in [9.17, 15) is 4.79 Å². The van der Waals surface area contributed by atoms with Crippen LogP contribution in [0.3, 0.4) is 0 Å². The quantitative estimate of drug-likeness (QED) is 0.645. The van der Waals surface area contributed by atoms with Gasteiger partial charge in [-0.05, 0) is 35.9 Å². The minimum atomic E-state index is -0.166. The normalized spacial score (nSPS) is 10.5. The number of amides is 1. The van der Waals surface area contributed by atoms with Gasteiger partial charge < -0.3 is 10.6 Å². The minimum absolute atomic E-state index is 0.166. The second kappa shape index (κ2) is 7.79. The summed E-state index contributed by atoms with van der Waals surface area (Å²) >= 11 is 0. The molecule has 0 unspecified atom stereocenters. The minimum Gasteiger partial charge on any atom is -0.354 e. The molecule has 0 spiro atoms. The molecule has 0 heterocycles. The number of hydrogen-bond donors (Lipinski definition) is 2. The second-order valence-corrected chi connectivity index (χ2v) is 5.27. The highest BCUT2D eigenvalue weighted by Gasteiger charge is 2.04. The summed E-state index contributed by atoms with van der Waals surface area (Å²) in [5, 5.41) is 6.23. The number of carbonyl (C=O) groups is 1. The lowest BCUT2D eigenvalue weighted by Gasteiger charge is -2.12. The topological polar surface area (TPSA) is 41.1 Å². The highest BCUT2D eigenvalue weighted by atomic mass is 16.1. The second-order valence-electron chi connectivity index (χ2n) is 5.27. The third-order valence-electron chi connectivity index (χ3n) is 3.46. The van der Waals surface area contributed by atoms with E-state index in [1.807, 2.05) is 84.9 Å². The van der Waals surface area contributed by atoms with Crippen LogP contribution in [0.4, 0.5) is 17.1 Å². The van der Waals surface area contributed by atoms with Crippen LogP contribution in [0.25, 0.3) is 6.08 Å². The van der Waals surface area contributed by atoms with Gasteiger partial charge in [-0.2, -0.15) is 0 Å².